The summed E-state index contributed by atoms with van der Waals surface area (Å²) in [7, 11) is 3.11. The maximum Gasteiger partial charge on any atom is 0.257 e. The fraction of sp³-hybridized carbons (Fsp3) is 0.391. The number of ether oxygens (including phenoxy) is 2. The Morgan fingerprint density at radius 2 is 1.61 bits per heavy atom. The molecule has 0 aliphatic carbocycles. The third-order valence-electron chi connectivity index (χ3n) is 5.44. The SMILES string of the molecule is COc1cc2c(cc1OC)CN(C(=O)C(NC(=O)c1c(F)cccc1F)C(C)C)CC2. The van der Waals surface area contributed by atoms with Gasteiger partial charge in [0, 0.05) is 13.1 Å². The molecule has 1 atom stereocenters. The Morgan fingerprint density at radius 3 is 2.16 bits per heavy atom. The van der Waals surface area contributed by atoms with Crippen LogP contribution < -0.4 is 14.8 Å². The van der Waals surface area contributed by atoms with Gasteiger partial charge in [-0.3, -0.25) is 9.59 Å². The highest BCUT2D eigenvalue weighted by Gasteiger charge is 2.32. The number of hydrogen-bond donors (Lipinski definition) is 1. The van der Waals surface area contributed by atoms with Gasteiger partial charge in [0.25, 0.3) is 5.91 Å². The number of nitrogens with one attached hydrogen (secondary N) is 1. The van der Waals surface area contributed by atoms with Gasteiger partial charge in [-0.15, -0.1) is 0 Å². The Hall–Kier alpha value is -3.16. The summed E-state index contributed by atoms with van der Waals surface area (Å²) in [5.41, 5.74) is 1.29. The summed E-state index contributed by atoms with van der Waals surface area (Å²) in [5, 5.41) is 2.52. The van der Waals surface area contributed by atoms with Crippen LogP contribution in [-0.2, 0) is 17.8 Å². The van der Waals surface area contributed by atoms with Gasteiger partial charge in [0.15, 0.2) is 11.5 Å². The number of rotatable bonds is 6. The quantitative estimate of drug-likeness (QED) is 0.761. The van der Waals surface area contributed by atoms with E-state index in [0.29, 0.717) is 31.0 Å². The second kappa shape index (κ2) is 9.32. The first-order chi connectivity index (χ1) is 14.8. The molecule has 1 heterocycles. The first-order valence-electron chi connectivity index (χ1n) is 10.0. The first kappa shape index (κ1) is 22.5. The number of halogens is 2. The van der Waals surface area contributed by atoms with Gasteiger partial charge in [0.05, 0.1) is 14.2 Å². The van der Waals surface area contributed by atoms with Crippen molar-refractivity contribution in [3.63, 3.8) is 0 Å². The zero-order chi connectivity index (χ0) is 22.7. The van der Waals surface area contributed by atoms with Crippen molar-refractivity contribution >= 4 is 11.8 Å². The van der Waals surface area contributed by atoms with Gasteiger partial charge in [0.2, 0.25) is 5.91 Å². The summed E-state index contributed by atoms with van der Waals surface area (Å²) in [6.45, 7) is 4.33. The second-order valence-corrected chi connectivity index (χ2v) is 7.78. The summed E-state index contributed by atoms with van der Waals surface area (Å²) in [6.07, 6.45) is 0.613. The number of carbonyl (C=O) groups is 2. The molecule has 2 amide bonds. The molecule has 0 saturated carbocycles. The number of benzene rings is 2. The van der Waals surface area contributed by atoms with Gasteiger partial charge in [-0.05, 0) is 47.7 Å². The number of methoxy groups -OCH3 is 2. The van der Waals surface area contributed by atoms with Crippen molar-refractivity contribution in [2.45, 2.75) is 32.9 Å². The molecule has 1 aliphatic rings. The average Bonchev–Trinajstić information content (AvgIpc) is 2.75. The van der Waals surface area contributed by atoms with Gasteiger partial charge in [0.1, 0.15) is 23.2 Å². The zero-order valence-electron chi connectivity index (χ0n) is 18.0. The van der Waals surface area contributed by atoms with Crippen molar-refractivity contribution in [2.75, 3.05) is 20.8 Å². The zero-order valence-corrected chi connectivity index (χ0v) is 18.0. The standard InChI is InChI=1S/C23H26F2N2O4/c1-13(2)21(26-22(28)20-16(24)6-5-7-17(20)25)23(29)27-9-8-14-10-18(30-3)19(31-4)11-15(14)12-27/h5-7,10-11,13,21H,8-9,12H2,1-4H3,(H,26,28). The van der Waals surface area contributed by atoms with E-state index in [2.05, 4.69) is 5.32 Å². The van der Waals surface area contributed by atoms with Crippen LogP contribution in [-0.4, -0.2) is 43.5 Å². The summed E-state index contributed by atoms with van der Waals surface area (Å²) in [4.78, 5) is 27.4. The summed E-state index contributed by atoms with van der Waals surface area (Å²) < 4.78 is 38.7. The molecule has 0 spiro atoms. The predicted octanol–water partition coefficient (Wildman–Crippen LogP) is 3.32. The summed E-state index contributed by atoms with van der Waals surface area (Å²) >= 11 is 0. The third kappa shape index (κ3) is 4.62. The lowest BCUT2D eigenvalue weighted by Gasteiger charge is -2.33. The average molecular weight is 432 g/mol. The van der Waals surface area contributed by atoms with Crippen LogP contribution in [0.3, 0.4) is 0 Å². The normalized spacial score (nSPS) is 14.1. The number of hydrogen-bond acceptors (Lipinski definition) is 4. The van der Waals surface area contributed by atoms with E-state index in [4.69, 9.17) is 9.47 Å². The van der Waals surface area contributed by atoms with Crippen molar-refractivity contribution in [3.8, 4) is 11.5 Å². The molecule has 166 valence electrons. The molecule has 1 unspecified atom stereocenters. The lowest BCUT2D eigenvalue weighted by Crippen LogP contribution is -2.52. The highest BCUT2D eigenvalue weighted by molar-refractivity contribution is 5.98. The molecule has 2 aromatic carbocycles. The third-order valence-corrected chi connectivity index (χ3v) is 5.44. The van der Waals surface area contributed by atoms with Crippen molar-refractivity contribution in [2.24, 2.45) is 5.92 Å². The molecule has 0 bridgehead atoms. The van der Waals surface area contributed by atoms with E-state index in [1.54, 1.807) is 33.0 Å². The molecule has 31 heavy (non-hydrogen) atoms. The highest BCUT2D eigenvalue weighted by atomic mass is 19.1. The van der Waals surface area contributed by atoms with E-state index >= 15 is 0 Å². The van der Waals surface area contributed by atoms with Gasteiger partial charge in [-0.25, -0.2) is 8.78 Å². The Morgan fingerprint density at radius 1 is 1.03 bits per heavy atom. The minimum atomic E-state index is -0.972. The van der Waals surface area contributed by atoms with E-state index in [1.807, 2.05) is 12.1 Å². The second-order valence-electron chi connectivity index (χ2n) is 7.78. The number of carbonyl (C=O) groups excluding carboxylic acids is 2. The molecule has 1 aliphatic heterocycles. The predicted molar refractivity (Wildman–Crippen MR) is 111 cm³/mol. The largest absolute Gasteiger partial charge is 0.493 e. The molecule has 0 radical (unpaired) electrons. The van der Waals surface area contributed by atoms with E-state index in [0.717, 1.165) is 23.3 Å². The Bertz CT molecular complexity index is 974. The van der Waals surface area contributed by atoms with Gasteiger partial charge in [-0.1, -0.05) is 19.9 Å². The molecule has 0 saturated heterocycles. The minimum absolute atomic E-state index is 0.280. The number of fused-ring (bicyclic) bond motifs is 1. The number of amides is 2. The van der Waals surface area contributed by atoms with E-state index in [1.165, 1.54) is 6.07 Å². The fourth-order valence-electron chi connectivity index (χ4n) is 3.71. The van der Waals surface area contributed by atoms with E-state index in [-0.39, 0.29) is 11.8 Å². The van der Waals surface area contributed by atoms with Crippen molar-refractivity contribution in [3.05, 3.63) is 58.7 Å². The minimum Gasteiger partial charge on any atom is -0.493 e. The Kier molecular flexibility index (Phi) is 6.77. The molecule has 8 heteroatoms. The summed E-state index contributed by atoms with van der Waals surface area (Å²) in [6, 6.07) is 6.01. The maximum atomic E-state index is 14.0. The van der Waals surface area contributed by atoms with Gasteiger partial charge >= 0.3 is 0 Å². The Labute approximate surface area is 180 Å². The van der Waals surface area contributed by atoms with Crippen LogP contribution in [0.15, 0.2) is 30.3 Å². The van der Waals surface area contributed by atoms with Crippen LogP contribution in [0.5, 0.6) is 11.5 Å². The lowest BCUT2D eigenvalue weighted by molar-refractivity contribution is -0.135. The maximum absolute atomic E-state index is 14.0. The number of nitrogens with zero attached hydrogens (tertiary/aromatic N) is 1. The molecule has 0 fully saturated rings. The molecular weight excluding hydrogens is 406 g/mol. The smallest absolute Gasteiger partial charge is 0.257 e. The monoisotopic (exact) mass is 432 g/mol. The molecular formula is C23H26F2N2O4. The van der Waals surface area contributed by atoms with Crippen LogP contribution in [0.25, 0.3) is 0 Å². The van der Waals surface area contributed by atoms with Gasteiger partial charge in [-0.2, -0.15) is 0 Å². The molecule has 2 aromatic rings. The van der Waals surface area contributed by atoms with Crippen LogP contribution in [0.2, 0.25) is 0 Å². The van der Waals surface area contributed by atoms with E-state index in [9.17, 15) is 18.4 Å². The van der Waals surface area contributed by atoms with Crippen LogP contribution in [0, 0.1) is 17.6 Å². The molecule has 3 rings (SSSR count). The fourth-order valence-corrected chi connectivity index (χ4v) is 3.71. The van der Waals surface area contributed by atoms with Crippen molar-refractivity contribution in [1.82, 2.24) is 10.2 Å². The topological polar surface area (TPSA) is 67.9 Å². The molecule has 1 N–H and O–H groups in total. The highest BCUT2D eigenvalue weighted by Crippen LogP contribution is 2.33. The van der Waals surface area contributed by atoms with E-state index < -0.39 is 29.1 Å². The molecule has 6 nitrogen and oxygen atoms in total. The van der Waals surface area contributed by atoms with Crippen LogP contribution >= 0.6 is 0 Å². The van der Waals surface area contributed by atoms with Crippen molar-refractivity contribution < 1.29 is 27.8 Å². The van der Waals surface area contributed by atoms with Crippen LogP contribution in [0.1, 0.15) is 35.3 Å². The first-order valence-corrected chi connectivity index (χ1v) is 10.0. The summed E-state index contributed by atoms with van der Waals surface area (Å²) in [5.74, 6) is -2.29. The lowest BCUT2D eigenvalue weighted by atomic mass is 9.96. The van der Waals surface area contributed by atoms with Crippen LogP contribution in [0.4, 0.5) is 8.78 Å². The molecule has 0 aromatic heterocycles. The van der Waals surface area contributed by atoms with Crippen molar-refractivity contribution in [1.29, 1.82) is 0 Å². The van der Waals surface area contributed by atoms with Gasteiger partial charge < -0.3 is 19.7 Å². The Balaban J connectivity index is 1.80.